The Labute approximate surface area is 169 Å². The van der Waals surface area contributed by atoms with Gasteiger partial charge in [-0.2, -0.15) is 0 Å². The molecule has 1 aliphatic carbocycles. The molecule has 0 spiro atoms. The van der Waals surface area contributed by atoms with Crippen molar-refractivity contribution < 1.29 is 4.79 Å². The third kappa shape index (κ3) is 5.23. The SMILES string of the molecule is CCCCC[C@H]1CC[C@H](c2ccc(-c3ccc(C(C)=O)cc3)c(Cl)c2)CC1. The molecule has 0 N–H and O–H groups in total. The largest absolute Gasteiger partial charge is 0.295 e. The van der Waals surface area contributed by atoms with Crippen molar-refractivity contribution in [1.82, 2.24) is 0 Å². The minimum Gasteiger partial charge on any atom is -0.295 e. The lowest BCUT2D eigenvalue weighted by atomic mass is 9.77. The zero-order chi connectivity index (χ0) is 19.2. The molecular weight excluding hydrogens is 352 g/mol. The summed E-state index contributed by atoms with van der Waals surface area (Å²) in [5.74, 6) is 1.68. The second kappa shape index (κ2) is 9.55. The van der Waals surface area contributed by atoms with E-state index in [0.717, 1.165) is 27.6 Å². The number of benzene rings is 2. The summed E-state index contributed by atoms with van der Waals surface area (Å²) >= 11 is 6.63. The molecule has 0 unspecified atom stereocenters. The van der Waals surface area contributed by atoms with Gasteiger partial charge < -0.3 is 0 Å². The predicted octanol–water partition coefficient (Wildman–Crippen LogP) is 8.06. The van der Waals surface area contributed by atoms with E-state index in [9.17, 15) is 4.79 Å². The molecule has 144 valence electrons. The summed E-state index contributed by atoms with van der Waals surface area (Å²) in [7, 11) is 0. The number of hydrogen-bond donors (Lipinski definition) is 0. The van der Waals surface area contributed by atoms with E-state index in [2.05, 4.69) is 25.1 Å². The lowest BCUT2D eigenvalue weighted by Gasteiger charge is -2.29. The minimum atomic E-state index is 0.0910. The zero-order valence-corrected chi connectivity index (χ0v) is 17.4. The van der Waals surface area contributed by atoms with Crippen molar-refractivity contribution in [3.05, 3.63) is 58.6 Å². The molecule has 27 heavy (non-hydrogen) atoms. The maximum atomic E-state index is 11.5. The molecule has 0 aliphatic heterocycles. The smallest absolute Gasteiger partial charge is 0.159 e. The van der Waals surface area contributed by atoms with Crippen LogP contribution < -0.4 is 0 Å². The number of ketones is 1. The molecule has 1 nitrogen and oxygen atoms in total. The van der Waals surface area contributed by atoms with Gasteiger partial charge in [-0.1, -0.05) is 80.6 Å². The van der Waals surface area contributed by atoms with Crippen molar-refractivity contribution >= 4 is 17.4 Å². The first-order valence-electron chi connectivity index (χ1n) is 10.5. The van der Waals surface area contributed by atoms with Crippen LogP contribution in [0, 0.1) is 5.92 Å². The number of carbonyl (C=O) groups is 1. The van der Waals surface area contributed by atoms with Crippen LogP contribution in [0.25, 0.3) is 11.1 Å². The quantitative estimate of drug-likeness (QED) is 0.349. The second-order valence-corrected chi connectivity index (χ2v) is 8.49. The average Bonchev–Trinajstić information content (AvgIpc) is 2.69. The van der Waals surface area contributed by atoms with Crippen LogP contribution in [0.4, 0.5) is 0 Å². The standard InChI is InChI=1S/C25H31ClO/c1-3-4-5-6-19-7-9-21(10-8-19)23-15-16-24(25(26)17-23)22-13-11-20(12-14-22)18(2)27/h11-17,19,21H,3-10H2,1-2H3/t19-,21-. The van der Waals surface area contributed by atoms with E-state index >= 15 is 0 Å². The highest BCUT2D eigenvalue weighted by Gasteiger charge is 2.22. The van der Waals surface area contributed by atoms with Gasteiger partial charge in [0.25, 0.3) is 0 Å². The summed E-state index contributed by atoms with van der Waals surface area (Å²) in [6.45, 7) is 3.87. The minimum absolute atomic E-state index is 0.0910. The Morgan fingerprint density at radius 1 is 1.00 bits per heavy atom. The van der Waals surface area contributed by atoms with Crippen molar-refractivity contribution in [3.8, 4) is 11.1 Å². The molecule has 3 rings (SSSR count). The molecule has 1 fully saturated rings. The van der Waals surface area contributed by atoms with E-state index in [0.29, 0.717) is 5.92 Å². The summed E-state index contributed by atoms with van der Waals surface area (Å²) < 4.78 is 0. The molecule has 0 radical (unpaired) electrons. The molecule has 0 amide bonds. The Balaban J connectivity index is 1.64. The molecule has 0 bridgehead atoms. The van der Waals surface area contributed by atoms with Gasteiger partial charge in [0.1, 0.15) is 0 Å². The maximum Gasteiger partial charge on any atom is 0.159 e. The van der Waals surface area contributed by atoms with Gasteiger partial charge in [0.05, 0.1) is 0 Å². The molecular formula is C25H31ClO. The fourth-order valence-electron chi connectivity index (χ4n) is 4.37. The molecule has 0 aromatic heterocycles. The van der Waals surface area contributed by atoms with Crippen molar-refractivity contribution in [2.45, 2.75) is 71.1 Å². The zero-order valence-electron chi connectivity index (χ0n) is 16.6. The van der Waals surface area contributed by atoms with Crippen LogP contribution in [0.5, 0.6) is 0 Å². The second-order valence-electron chi connectivity index (χ2n) is 8.09. The van der Waals surface area contributed by atoms with Gasteiger partial charge in [0, 0.05) is 16.1 Å². The van der Waals surface area contributed by atoms with Gasteiger partial charge in [-0.05, 0) is 61.6 Å². The molecule has 0 saturated heterocycles. The summed E-state index contributed by atoms with van der Waals surface area (Å²) in [5, 5.41) is 0.813. The number of hydrogen-bond acceptors (Lipinski definition) is 1. The Hall–Kier alpha value is -1.60. The first-order chi connectivity index (χ1) is 13.1. The van der Waals surface area contributed by atoms with Gasteiger partial charge in [0.15, 0.2) is 5.78 Å². The van der Waals surface area contributed by atoms with Crippen LogP contribution in [0.3, 0.4) is 0 Å². The van der Waals surface area contributed by atoms with E-state index in [1.165, 1.54) is 56.9 Å². The van der Waals surface area contributed by atoms with E-state index in [4.69, 9.17) is 11.6 Å². The van der Waals surface area contributed by atoms with Crippen LogP contribution in [-0.4, -0.2) is 5.78 Å². The summed E-state index contributed by atoms with van der Waals surface area (Å²) in [6, 6.07) is 14.3. The number of Topliss-reactive ketones (excluding diaryl/α,β-unsaturated/α-hetero) is 1. The molecule has 2 aromatic rings. The lowest BCUT2D eigenvalue weighted by Crippen LogP contribution is -2.13. The van der Waals surface area contributed by atoms with Crippen molar-refractivity contribution in [1.29, 1.82) is 0 Å². The average molecular weight is 383 g/mol. The van der Waals surface area contributed by atoms with E-state index in [-0.39, 0.29) is 5.78 Å². The van der Waals surface area contributed by atoms with Crippen molar-refractivity contribution in [2.24, 2.45) is 5.92 Å². The Morgan fingerprint density at radius 3 is 2.30 bits per heavy atom. The van der Waals surface area contributed by atoms with Crippen LogP contribution in [0.1, 0.15) is 87.1 Å². The summed E-state index contributed by atoms with van der Waals surface area (Å²) in [4.78, 5) is 11.5. The third-order valence-corrected chi connectivity index (χ3v) is 6.44. The van der Waals surface area contributed by atoms with E-state index in [1.54, 1.807) is 6.92 Å². The number of carbonyl (C=O) groups excluding carboxylic acids is 1. The number of rotatable bonds is 7. The summed E-state index contributed by atoms with van der Waals surface area (Å²) in [5.41, 5.74) is 4.23. The van der Waals surface area contributed by atoms with Crippen molar-refractivity contribution in [2.75, 3.05) is 0 Å². The molecule has 2 aromatic carbocycles. The highest BCUT2D eigenvalue weighted by atomic mass is 35.5. The molecule has 1 saturated carbocycles. The normalized spacial score (nSPS) is 19.8. The van der Waals surface area contributed by atoms with Gasteiger partial charge in [-0.3, -0.25) is 4.79 Å². The monoisotopic (exact) mass is 382 g/mol. The Morgan fingerprint density at radius 2 is 1.70 bits per heavy atom. The van der Waals surface area contributed by atoms with E-state index in [1.807, 2.05) is 24.3 Å². The van der Waals surface area contributed by atoms with Crippen molar-refractivity contribution in [3.63, 3.8) is 0 Å². The molecule has 0 atom stereocenters. The highest BCUT2D eigenvalue weighted by molar-refractivity contribution is 6.33. The first-order valence-corrected chi connectivity index (χ1v) is 10.9. The van der Waals surface area contributed by atoms with Gasteiger partial charge in [-0.15, -0.1) is 0 Å². The number of halogens is 1. The molecule has 1 aliphatic rings. The fourth-order valence-corrected chi connectivity index (χ4v) is 4.67. The van der Waals surface area contributed by atoms with Crippen LogP contribution in [0.2, 0.25) is 5.02 Å². The topological polar surface area (TPSA) is 17.1 Å². The Kier molecular flexibility index (Phi) is 7.13. The highest BCUT2D eigenvalue weighted by Crippen LogP contribution is 2.40. The lowest BCUT2D eigenvalue weighted by molar-refractivity contribution is 0.101. The van der Waals surface area contributed by atoms with E-state index < -0.39 is 0 Å². The fraction of sp³-hybridized carbons (Fsp3) is 0.480. The predicted molar refractivity (Wildman–Crippen MR) is 116 cm³/mol. The van der Waals surface area contributed by atoms with Gasteiger partial charge in [0.2, 0.25) is 0 Å². The van der Waals surface area contributed by atoms with Gasteiger partial charge >= 0.3 is 0 Å². The molecule has 2 heteroatoms. The van der Waals surface area contributed by atoms with Crippen LogP contribution in [-0.2, 0) is 0 Å². The van der Waals surface area contributed by atoms with Crippen LogP contribution >= 0.6 is 11.6 Å². The first kappa shape index (κ1) is 20.1. The third-order valence-electron chi connectivity index (χ3n) is 6.13. The summed E-state index contributed by atoms with van der Waals surface area (Å²) in [6.07, 6.45) is 10.8. The molecule has 0 heterocycles. The number of unbranched alkanes of at least 4 members (excludes halogenated alkanes) is 2. The van der Waals surface area contributed by atoms with Crippen LogP contribution in [0.15, 0.2) is 42.5 Å². The Bertz CT molecular complexity index is 754. The van der Waals surface area contributed by atoms with Gasteiger partial charge in [-0.25, -0.2) is 0 Å². The maximum absolute atomic E-state index is 11.5.